The first-order valence-electron chi connectivity index (χ1n) is 8.10. The van der Waals surface area contributed by atoms with Gasteiger partial charge in [0.15, 0.2) is 0 Å². The van der Waals surface area contributed by atoms with E-state index in [-0.39, 0.29) is 12.1 Å². The monoisotopic (exact) mass is 357 g/mol. The minimum atomic E-state index is -0.139. The topological polar surface area (TPSA) is 67.6 Å². The third-order valence-electron chi connectivity index (χ3n) is 4.35. The van der Waals surface area contributed by atoms with Crippen molar-refractivity contribution < 1.29 is 13.9 Å². The number of aryl methyl sites for hydroxylation is 1. The maximum Gasteiger partial charge on any atom is 0.268 e. The number of amides is 1. The van der Waals surface area contributed by atoms with Crippen LogP contribution >= 0.6 is 11.3 Å². The molecular formula is C18H19N3O3S. The molecule has 0 spiro atoms. The van der Waals surface area contributed by atoms with Crippen LogP contribution < -0.4 is 5.32 Å². The highest BCUT2D eigenvalue weighted by Crippen LogP contribution is 2.41. The highest BCUT2D eigenvalue weighted by atomic mass is 32.1. The van der Waals surface area contributed by atoms with Gasteiger partial charge in [0.2, 0.25) is 0 Å². The van der Waals surface area contributed by atoms with E-state index in [1.165, 1.54) is 11.3 Å². The van der Waals surface area contributed by atoms with E-state index in [4.69, 9.17) is 9.15 Å². The van der Waals surface area contributed by atoms with Crippen LogP contribution in [0.25, 0.3) is 10.2 Å². The summed E-state index contributed by atoms with van der Waals surface area (Å²) in [4.78, 5) is 21.0. The number of furan rings is 1. The number of nitrogens with zero attached hydrogens (tertiary/aromatic N) is 2. The SMILES string of the molecule is COCc1cc(C)nc2sc3c(c12)N[C@@H](C)N(Cc1ccco1)C3=O. The van der Waals surface area contributed by atoms with Crippen LogP contribution in [0.4, 0.5) is 5.69 Å². The summed E-state index contributed by atoms with van der Waals surface area (Å²) in [5.41, 5.74) is 2.84. The van der Waals surface area contributed by atoms with Crippen molar-refractivity contribution in [1.82, 2.24) is 9.88 Å². The zero-order chi connectivity index (χ0) is 17.6. The predicted octanol–water partition coefficient (Wildman–Crippen LogP) is 3.76. The van der Waals surface area contributed by atoms with Crippen LogP contribution in [0, 0.1) is 6.92 Å². The van der Waals surface area contributed by atoms with E-state index in [9.17, 15) is 4.79 Å². The van der Waals surface area contributed by atoms with Crippen molar-refractivity contribution in [3.05, 3.63) is 46.4 Å². The summed E-state index contributed by atoms with van der Waals surface area (Å²) in [5.74, 6) is 0.766. The number of pyridine rings is 1. The average molecular weight is 357 g/mol. The molecule has 3 aromatic rings. The normalized spacial score (nSPS) is 17.0. The lowest BCUT2D eigenvalue weighted by molar-refractivity contribution is 0.0674. The molecule has 0 aliphatic carbocycles. The molecule has 0 saturated carbocycles. The van der Waals surface area contributed by atoms with Gasteiger partial charge in [-0.25, -0.2) is 4.98 Å². The van der Waals surface area contributed by atoms with Gasteiger partial charge in [-0.15, -0.1) is 11.3 Å². The third-order valence-corrected chi connectivity index (χ3v) is 5.43. The Balaban J connectivity index is 1.80. The summed E-state index contributed by atoms with van der Waals surface area (Å²) in [5, 5.41) is 4.46. The van der Waals surface area contributed by atoms with Crippen LogP contribution in [-0.2, 0) is 17.9 Å². The summed E-state index contributed by atoms with van der Waals surface area (Å²) in [7, 11) is 1.67. The Morgan fingerprint density at radius 3 is 3.04 bits per heavy atom. The van der Waals surface area contributed by atoms with E-state index >= 15 is 0 Å². The van der Waals surface area contributed by atoms with Crippen LogP contribution in [0.2, 0.25) is 0 Å². The number of rotatable bonds is 4. The summed E-state index contributed by atoms with van der Waals surface area (Å²) < 4.78 is 10.7. The fourth-order valence-electron chi connectivity index (χ4n) is 3.24. The molecule has 4 rings (SSSR count). The Bertz CT molecular complexity index is 933. The molecule has 25 heavy (non-hydrogen) atoms. The van der Waals surface area contributed by atoms with Crippen molar-refractivity contribution in [2.24, 2.45) is 0 Å². The Morgan fingerprint density at radius 2 is 2.32 bits per heavy atom. The van der Waals surface area contributed by atoms with E-state index in [0.717, 1.165) is 32.9 Å². The number of ether oxygens (including phenoxy) is 1. The number of anilines is 1. The molecule has 1 aliphatic heterocycles. The van der Waals surface area contributed by atoms with Crippen LogP contribution in [-0.4, -0.2) is 29.1 Å². The van der Waals surface area contributed by atoms with Gasteiger partial charge in [0.05, 0.1) is 31.3 Å². The number of fused-ring (bicyclic) bond motifs is 3. The lowest BCUT2D eigenvalue weighted by Crippen LogP contribution is -2.45. The average Bonchev–Trinajstić information content (AvgIpc) is 3.19. The molecule has 0 bridgehead atoms. The van der Waals surface area contributed by atoms with Crippen LogP contribution in [0.15, 0.2) is 28.9 Å². The Kier molecular flexibility index (Phi) is 3.97. The maximum absolute atomic E-state index is 13.1. The van der Waals surface area contributed by atoms with Crippen molar-refractivity contribution >= 4 is 33.1 Å². The molecule has 1 aliphatic rings. The number of carbonyl (C=O) groups excluding carboxylic acids is 1. The van der Waals surface area contributed by atoms with E-state index in [0.29, 0.717) is 18.0 Å². The van der Waals surface area contributed by atoms with E-state index in [1.54, 1.807) is 18.3 Å². The molecule has 1 atom stereocenters. The van der Waals surface area contributed by atoms with Crippen LogP contribution in [0.3, 0.4) is 0 Å². The van der Waals surface area contributed by atoms with Crippen molar-refractivity contribution in [2.45, 2.75) is 33.2 Å². The summed E-state index contributed by atoms with van der Waals surface area (Å²) >= 11 is 1.43. The van der Waals surface area contributed by atoms with Crippen molar-refractivity contribution in [3.63, 3.8) is 0 Å². The largest absolute Gasteiger partial charge is 0.467 e. The van der Waals surface area contributed by atoms with Gasteiger partial charge < -0.3 is 19.4 Å². The minimum absolute atomic E-state index is 0.00155. The van der Waals surface area contributed by atoms with Gasteiger partial charge >= 0.3 is 0 Å². The van der Waals surface area contributed by atoms with Gasteiger partial charge in [0.1, 0.15) is 15.5 Å². The van der Waals surface area contributed by atoms with Gasteiger partial charge in [0, 0.05) is 18.2 Å². The second kappa shape index (κ2) is 6.16. The lowest BCUT2D eigenvalue weighted by atomic mass is 10.1. The zero-order valence-corrected chi connectivity index (χ0v) is 15.1. The quantitative estimate of drug-likeness (QED) is 0.770. The zero-order valence-electron chi connectivity index (χ0n) is 14.3. The van der Waals surface area contributed by atoms with E-state index < -0.39 is 0 Å². The first-order chi connectivity index (χ1) is 12.1. The number of hydrogen-bond donors (Lipinski definition) is 1. The minimum Gasteiger partial charge on any atom is -0.467 e. The second-order valence-electron chi connectivity index (χ2n) is 6.17. The Hall–Kier alpha value is -2.38. The molecule has 4 heterocycles. The van der Waals surface area contributed by atoms with Crippen LogP contribution in [0.5, 0.6) is 0 Å². The highest BCUT2D eigenvalue weighted by Gasteiger charge is 2.34. The van der Waals surface area contributed by atoms with Gasteiger partial charge in [-0.2, -0.15) is 0 Å². The predicted molar refractivity (Wildman–Crippen MR) is 96.7 cm³/mol. The lowest BCUT2D eigenvalue weighted by Gasteiger charge is -2.34. The summed E-state index contributed by atoms with van der Waals surface area (Å²) in [6.45, 7) is 4.86. The number of methoxy groups -OCH3 is 1. The van der Waals surface area contributed by atoms with E-state index in [2.05, 4.69) is 10.3 Å². The molecule has 1 N–H and O–H groups in total. The number of hydrogen-bond acceptors (Lipinski definition) is 6. The molecular weight excluding hydrogens is 338 g/mol. The molecule has 6 nitrogen and oxygen atoms in total. The first kappa shape index (κ1) is 16.1. The molecule has 1 amide bonds. The molecule has 7 heteroatoms. The van der Waals surface area contributed by atoms with E-state index in [1.807, 2.05) is 32.0 Å². The second-order valence-corrected chi connectivity index (χ2v) is 7.17. The molecule has 0 aromatic carbocycles. The molecule has 130 valence electrons. The standard InChI is InChI=1S/C18H19N3O3S/c1-10-7-12(9-23-3)14-15-16(25-17(14)19-10)18(22)21(11(2)20-15)8-13-5-4-6-24-13/h4-7,11,20H,8-9H2,1-3H3/t11-/m1/s1. The summed E-state index contributed by atoms with van der Waals surface area (Å²) in [6, 6.07) is 5.73. The van der Waals surface area contributed by atoms with Crippen molar-refractivity contribution in [1.29, 1.82) is 0 Å². The first-order valence-corrected chi connectivity index (χ1v) is 8.92. The molecule has 0 saturated heterocycles. The summed E-state index contributed by atoms with van der Waals surface area (Å²) in [6.07, 6.45) is 1.48. The maximum atomic E-state index is 13.1. The molecule has 0 fully saturated rings. The number of carbonyl (C=O) groups is 1. The fourth-order valence-corrected chi connectivity index (χ4v) is 4.43. The molecule has 0 unspecified atom stereocenters. The van der Waals surface area contributed by atoms with Crippen molar-refractivity contribution in [3.8, 4) is 0 Å². The van der Waals surface area contributed by atoms with Gasteiger partial charge in [0.25, 0.3) is 5.91 Å². The molecule has 3 aromatic heterocycles. The fraction of sp³-hybridized carbons (Fsp3) is 0.333. The Labute approximate surface area is 149 Å². The Morgan fingerprint density at radius 1 is 1.48 bits per heavy atom. The van der Waals surface area contributed by atoms with Gasteiger partial charge in [-0.05, 0) is 37.6 Å². The number of aromatic nitrogens is 1. The van der Waals surface area contributed by atoms with Gasteiger partial charge in [-0.3, -0.25) is 4.79 Å². The molecule has 0 radical (unpaired) electrons. The van der Waals surface area contributed by atoms with Gasteiger partial charge in [-0.1, -0.05) is 0 Å². The van der Waals surface area contributed by atoms with Crippen LogP contribution in [0.1, 0.15) is 33.6 Å². The number of thiophene rings is 1. The highest BCUT2D eigenvalue weighted by molar-refractivity contribution is 7.21. The third kappa shape index (κ3) is 2.69. The number of nitrogens with one attached hydrogen (secondary N) is 1. The van der Waals surface area contributed by atoms with Crippen molar-refractivity contribution in [2.75, 3.05) is 12.4 Å². The smallest absolute Gasteiger partial charge is 0.268 e.